The summed E-state index contributed by atoms with van der Waals surface area (Å²) in [6.07, 6.45) is 4.30. The van der Waals surface area contributed by atoms with Crippen molar-refractivity contribution in [2.24, 2.45) is 5.73 Å². The van der Waals surface area contributed by atoms with Gasteiger partial charge in [0.25, 0.3) is 5.91 Å². The van der Waals surface area contributed by atoms with E-state index in [0.717, 1.165) is 50.2 Å². The van der Waals surface area contributed by atoms with Crippen molar-refractivity contribution in [3.8, 4) is 5.75 Å². The highest BCUT2D eigenvalue weighted by atomic mass is 16.5. The summed E-state index contributed by atoms with van der Waals surface area (Å²) in [4.78, 5) is 26.5. The number of anilines is 2. The van der Waals surface area contributed by atoms with Crippen molar-refractivity contribution in [2.75, 3.05) is 29.9 Å². The van der Waals surface area contributed by atoms with Crippen LogP contribution in [0.4, 0.5) is 11.4 Å². The van der Waals surface area contributed by atoms with Gasteiger partial charge in [0.15, 0.2) is 0 Å². The molecule has 0 bridgehead atoms. The standard InChI is InChI=1S/C22H27N3O3/c1-2-3-14-28-18-9-6-16(7-10-18)22(27)24-19-15-17(21(23)26)8-11-20(19)25-12-4-5-13-25/h6-11,15H,2-5,12-14H2,1H3,(H2,23,26)(H,24,27). The molecular formula is C22H27N3O3. The lowest BCUT2D eigenvalue weighted by atomic mass is 10.1. The lowest BCUT2D eigenvalue weighted by molar-refractivity contribution is 0.0996. The maximum absolute atomic E-state index is 12.7. The number of nitrogens with two attached hydrogens (primary N) is 1. The van der Waals surface area contributed by atoms with E-state index in [4.69, 9.17) is 10.5 Å². The maximum Gasteiger partial charge on any atom is 0.255 e. The van der Waals surface area contributed by atoms with E-state index in [9.17, 15) is 9.59 Å². The van der Waals surface area contributed by atoms with Crippen LogP contribution >= 0.6 is 0 Å². The summed E-state index contributed by atoms with van der Waals surface area (Å²) < 4.78 is 5.64. The van der Waals surface area contributed by atoms with E-state index in [1.54, 1.807) is 36.4 Å². The molecule has 0 aromatic heterocycles. The number of primary amides is 1. The van der Waals surface area contributed by atoms with E-state index in [-0.39, 0.29) is 5.91 Å². The molecule has 1 aliphatic rings. The Morgan fingerprint density at radius 1 is 1.07 bits per heavy atom. The second-order valence-electron chi connectivity index (χ2n) is 6.97. The Morgan fingerprint density at radius 2 is 1.75 bits per heavy atom. The van der Waals surface area contributed by atoms with Crippen LogP contribution in [0, 0.1) is 0 Å². The van der Waals surface area contributed by atoms with Crippen molar-refractivity contribution < 1.29 is 14.3 Å². The fourth-order valence-electron chi connectivity index (χ4n) is 3.25. The van der Waals surface area contributed by atoms with Crippen LogP contribution < -0.4 is 20.7 Å². The van der Waals surface area contributed by atoms with Gasteiger partial charge in [0.1, 0.15) is 5.75 Å². The van der Waals surface area contributed by atoms with Crippen molar-refractivity contribution in [2.45, 2.75) is 32.6 Å². The van der Waals surface area contributed by atoms with E-state index in [2.05, 4.69) is 17.1 Å². The van der Waals surface area contributed by atoms with Crippen molar-refractivity contribution in [3.63, 3.8) is 0 Å². The summed E-state index contributed by atoms with van der Waals surface area (Å²) in [5, 5.41) is 2.94. The summed E-state index contributed by atoms with van der Waals surface area (Å²) in [7, 11) is 0. The third kappa shape index (κ3) is 4.82. The molecule has 1 saturated heterocycles. The molecule has 148 valence electrons. The topological polar surface area (TPSA) is 84.7 Å². The molecule has 0 aliphatic carbocycles. The number of ether oxygens (including phenoxy) is 1. The predicted molar refractivity (Wildman–Crippen MR) is 111 cm³/mol. The highest BCUT2D eigenvalue weighted by Gasteiger charge is 2.19. The van der Waals surface area contributed by atoms with Gasteiger partial charge in [-0.1, -0.05) is 13.3 Å². The molecule has 0 unspecified atom stereocenters. The molecule has 2 aromatic carbocycles. The van der Waals surface area contributed by atoms with E-state index in [0.29, 0.717) is 23.4 Å². The number of carbonyl (C=O) groups excluding carboxylic acids is 2. The van der Waals surface area contributed by atoms with E-state index >= 15 is 0 Å². The highest BCUT2D eigenvalue weighted by molar-refractivity contribution is 6.07. The molecule has 3 rings (SSSR count). The van der Waals surface area contributed by atoms with Crippen molar-refractivity contribution >= 4 is 23.2 Å². The number of hydrogen-bond acceptors (Lipinski definition) is 4. The average Bonchev–Trinajstić information content (AvgIpc) is 3.23. The zero-order chi connectivity index (χ0) is 19.9. The number of rotatable bonds is 8. The second-order valence-corrected chi connectivity index (χ2v) is 6.97. The van der Waals surface area contributed by atoms with Crippen molar-refractivity contribution in [3.05, 3.63) is 53.6 Å². The van der Waals surface area contributed by atoms with Crippen LogP contribution in [0.3, 0.4) is 0 Å². The molecular weight excluding hydrogens is 354 g/mol. The Balaban J connectivity index is 1.76. The number of carbonyl (C=O) groups is 2. The fourth-order valence-corrected chi connectivity index (χ4v) is 3.25. The first-order chi connectivity index (χ1) is 13.6. The number of nitrogens with zero attached hydrogens (tertiary/aromatic N) is 1. The van der Waals surface area contributed by atoms with Gasteiger partial charge in [0.2, 0.25) is 5.91 Å². The number of amides is 2. The van der Waals surface area contributed by atoms with Crippen LogP contribution in [-0.4, -0.2) is 31.5 Å². The lowest BCUT2D eigenvalue weighted by Crippen LogP contribution is -2.22. The molecule has 0 radical (unpaired) electrons. The molecule has 0 atom stereocenters. The van der Waals surface area contributed by atoms with Gasteiger partial charge in [-0.3, -0.25) is 9.59 Å². The molecule has 6 heteroatoms. The van der Waals surface area contributed by atoms with Crippen molar-refractivity contribution in [1.29, 1.82) is 0 Å². The molecule has 0 saturated carbocycles. The molecule has 2 amide bonds. The van der Waals surface area contributed by atoms with Gasteiger partial charge in [0.05, 0.1) is 18.0 Å². The molecule has 0 spiro atoms. The van der Waals surface area contributed by atoms with Gasteiger partial charge in [-0.2, -0.15) is 0 Å². The molecule has 28 heavy (non-hydrogen) atoms. The summed E-state index contributed by atoms with van der Waals surface area (Å²) in [6.45, 7) is 4.65. The van der Waals surface area contributed by atoms with Crippen LogP contribution in [0.15, 0.2) is 42.5 Å². The van der Waals surface area contributed by atoms with Gasteiger partial charge in [-0.15, -0.1) is 0 Å². The largest absolute Gasteiger partial charge is 0.494 e. The SMILES string of the molecule is CCCCOc1ccc(C(=O)Nc2cc(C(N)=O)ccc2N2CCCC2)cc1. The predicted octanol–water partition coefficient (Wildman–Crippen LogP) is 3.82. The third-order valence-corrected chi connectivity index (χ3v) is 4.86. The summed E-state index contributed by atoms with van der Waals surface area (Å²) >= 11 is 0. The Labute approximate surface area is 165 Å². The first-order valence-corrected chi connectivity index (χ1v) is 9.81. The minimum absolute atomic E-state index is 0.234. The quantitative estimate of drug-likeness (QED) is 0.681. The monoisotopic (exact) mass is 381 g/mol. The Bertz CT molecular complexity index is 827. The van der Waals surface area contributed by atoms with E-state index in [1.165, 1.54) is 0 Å². The summed E-state index contributed by atoms with van der Waals surface area (Å²) in [5.74, 6) is -0.00212. The minimum Gasteiger partial charge on any atom is -0.494 e. The van der Waals surface area contributed by atoms with Gasteiger partial charge >= 0.3 is 0 Å². The third-order valence-electron chi connectivity index (χ3n) is 4.86. The Kier molecular flexibility index (Phi) is 6.53. The number of hydrogen-bond donors (Lipinski definition) is 2. The fraction of sp³-hybridized carbons (Fsp3) is 0.364. The van der Waals surface area contributed by atoms with Gasteiger partial charge < -0.3 is 20.7 Å². The summed E-state index contributed by atoms with van der Waals surface area (Å²) in [6, 6.07) is 12.3. The lowest BCUT2D eigenvalue weighted by Gasteiger charge is -2.22. The summed E-state index contributed by atoms with van der Waals surface area (Å²) in [5.41, 5.74) is 7.83. The van der Waals surface area contributed by atoms with E-state index in [1.807, 2.05) is 6.07 Å². The van der Waals surface area contributed by atoms with Crippen molar-refractivity contribution in [1.82, 2.24) is 0 Å². The van der Waals surface area contributed by atoms with Crippen LogP contribution in [0.2, 0.25) is 0 Å². The van der Waals surface area contributed by atoms with Gasteiger partial charge in [-0.05, 0) is 61.7 Å². The smallest absolute Gasteiger partial charge is 0.255 e. The first-order valence-electron chi connectivity index (χ1n) is 9.81. The number of nitrogens with one attached hydrogen (secondary N) is 1. The molecule has 1 aliphatic heterocycles. The minimum atomic E-state index is -0.517. The Morgan fingerprint density at radius 3 is 2.39 bits per heavy atom. The maximum atomic E-state index is 12.7. The zero-order valence-corrected chi connectivity index (χ0v) is 16.2. The number of unbranched alkanes of at least 4 members (excludes halogenated alkanes) is 1. The van der Waals surface area contributed by atoms with Gasteiger partial charge in [0, 0.05) is 24.2 Å². The van der Waals surface area contributed by atoms with Crippen LogP contribution in [0.5, 0.6) is 5.75 Å². The first kappa shape index (κ1) is 19.7. The molecule has 6 nitrogen and oxygen atoms in total. The van der Waals surface area contributed by atoms with Crippen LogP contribution in [-0.2, 0) is 0 Å². The highest BCUT2D eigenvalue weighted by Crippen LogP contribution is 2.30. The molecule has 2 aromatic rings. The van der Waals surface area contributed by atoms with Crippen LogP contribution in [0.25, 0.3) is 0 Å². The average molecular weight is 381 g/mol. The van der Waals surface area contributed by atoms with E-state index < -0.39 is 5.91 Å². The van der Waals surface area contributed by atoms with Gasteiger partial charge in [-0.25, -0.2) is 0 Å². The molecule has 1 fully saturated rings. The molecule has 1 heterocycles. The normalized spacial score (nSPS) is 13.4. The second kappa shape index (κ2) is 9.26. The number of benzene rings is 2. The molecule has 3 N–H and O–H groups in total. The Hall–Kier alpha value is -3.02. The van der Waals surface area contributed by atoms with Crippen LogP contribution in [0.1, 0.15) is 53.3 Å². The zero-order valence-electron chi connectivity index (χ0n) is 16.2.